The third-order valence-electron chi connectivity index (χ3n) is 8.38. The quantitative estimate of drug-likeness (QED) is 0.275. The van der Waals surface area contributed by atoms with Gasteiger partial charge in [0.15, 0.2) is 11.4 Å². The van der Waals surface area contributed by atoms with Crippen molar-refractivity contribution < 1.29 is 34.8 Å². The van der Waals surface area contributed by atoms with Crippen LogP contribution in [0.4, 0.5) is 11.5 Å². The lowest BCUT2D eigenvalue weighted by Gasteiger charge is -2.50. The molecule has 4 atom stereocenters. The van der Waals surface area contributed by atoms with Crippen LogP contribution in [0.15, 0.2) is 47.4 Å². The summed E-state index contributed by atoms with van der Waals surface area (Å²) in [4.78, 5) is 47.0. The molecule has 7 N–H and O–H groups in total. The lowest BCUT2D eigenvalue weighted by atomic mass is 9.57. The van der Waals surface area contributed by atoms with E-state index in [2.05, 4.69) is 10.3 Å². The van der Waals surface area contributed by atoms with Gasteiger partial charge in [0, 0.05) is 49.6 Å². The molecule has 0 bridgehead atoms. The second-order valence-electron chi connectivity index (χ2n) is 11.2. The van der Waals surface area contributed by atoms with Crippen molar-refractivity contribution in [1.29, 1.82) is 0 Å². The molecule has 41 heavy (non-hydrogen) atoms. The molecule has 12 nitrogen and oxygen atoms in total. The van der Waals surface area contributed by atoms with E-state index in [1.807, 2.05) is 25.1 Å². The van der Waals surface area contributed by atoms with Crippen molar-refractivity contribution in [2.75, 3.05) is 38.4 Å². The molecule has 12 heteroatoms. The molecule has 0 spiro atoms. The van der Waals surface area contributed by atoms with Crippen LogP contribution < -0.4 is 16.0 Å². The van der Waals surface area contributed by atoms with Crippen molar-refractivity contribution >= 4 is 34.7 Å². The standard InChI is InChI=1S/C29H33N5O7/c1-33(2)17-11-14(12-32-18-7-5-6-8-31-18)23(35)20-15(17)9-13-10-16-22(34(3)4)25(37)21(28(30)40)27(39)29(16,41)26(38)19(13)24(20)36/h5-8,11,13,16,22,35-36,39,41H,9-10,12H2,1-4H3,(H2,30,40)(H,31,32)/t13-,16-,22+,29-/m0/s1. The summed E-state index contributed by atoms with van der Waals surface area (Å²) >= 11 is 0. The minimum Gasteiger partial charge on any atom is -0.508 e. The number of benzene rings is 1. The van der Waals surface area contributed by atoms with Crippen LogP contribution in [0.1, 0.15) is 23.1 Å². The number of likely N-dealkylation sites (N-methyl/N-ethyl adjacent to an activating group) is 1. The van der Waals surface area contributed by atoms with Crippen LogP contribution in [0.3, 0.4) is 0 Å². The number of carbonyl (C=O) groups excluding carboxylic acids is 3. The summed E-state index contributed by atoms with van der Waals surface area (Å²) in [7, 11) is 6.77. The van der Waals surface area contributed by atoms with Crippen molar-refractivity contribution in [3.8, 4) is 5.75 Å². The number of phenolic OH excluding ortho intramolecular Hbond substituents is 1. The number of hydrogen-bond acceptors (Lipinski definition) is 11. The summed E-state index contributed by atoms with van der Waals surface area (Å²) in [5, 5.41) is 48.9. The largest absolute Gasteiger partial charge is 0.508 e. The van der Waals surface area contributed by atoms with E-state index in [-0.39, 0.29) is 36.3 Å². The Kier molecular flexibility index (Phi) is 6.79. The molecule has 1 aromatic heterocycles. The number of nitrogens with one attached hydrogen (secondary N) is 1. The molecule has 0 unspecified atom stereocenters. The summed E-state index contributed by atoms with van der Waals surface area (Å²) in [5.41, 5.74) is 3.45. The van der Waals surface area contributed by atoms with Gasteiger partial charge in [-0.25, -0.2) is 4.98 Å². The molecular weight excluding hydrogens is 530 g/mol. The number of carbonyl (C=O) groups is 3. The van der Waals surface area contributed by atoms with Gasteiger partial charge >= 0.3 is 0 Å². The molecule has 1 amide bonds. The maximum atomic E-state index is 14.1. The Morgan fingerprint density at radius 3 is 2.46 bits per heavy atom. The van der Waals surface area contributed by atoms with E-state index in [1.165, 1.54) is 4.90 Å². The topological polar surface area (TPSA) is 190 Å². The highest BCUT2D eigenvalue weighted by atomic mass is 16.3. The number of fused-ring (bicyclic) bond motifs is 3. The molecule has 1 aromatic carbocycles. The predicted molar refractivity (Wildman–Crippen MR) is 150 cm³/mol. The van der Waals surface area contributed by atoms with Crippen molar-refractivity contribution in [2.24, 2.45) is 17.6 Å². The van der Waals surface area contributed by atoms with E-state index in [1.54, 1.807) is 38.5 Å². The number of pyridine rings is 1. The van der Waals surface area contributed by atoms with Crippen LogP contribution in [0.5, 0.6) is 5.75 Å². The zero-order valence-electron chi connectivity index (χ0n) is 23.2. The number of rotatable bonds is 6. The van der Waals surface area contributed by atoms with E-state index in [4.69, 9.17) is 5.73 Å². The number of aromatic hydroxyl groups is 1. The van der Waals surface area contributed by atoms with E-state index in [0.29, 0.717) is 22.6 Å². The first-order valence-electron chi connectivity index (χ1n) is 13.1. The molecule has 0 saturated heterocycles. The Labute approximate surface area is 236 Å². The van der Waals surface area contributed by atoms with Gasteiger partial charge in [0.1, 0.15) is 28.7 Å². The smallest absolute Gasteiger partial charge is 0.255 e. The molecule has 3 aliphatic carbocycles. The number of ketones is 2. The fraction of sp³-hybridized carbons (Fsp3) is 0.379. The van der Waals surface area contributed by atoms with E-state index >= 15 is 0 Å². The minimum absolute atomic E-state index is 0.0301. The minimum atomic E-state index is -2.68. The van der Waals surface area contributed by atoms with Gasteiger partial charge in [-0.3, -0.25) is 19.3 Å². The Balaban J connectivity index is 1.68. The van der Waals surface area contributed by atoms with Crippen molar-refractivity contribution in [1.82, 2.24) is 9.88 Å². The highest BCUT2D eigenvalue weighted by Crippen LogP contribution is 2.54. The fourth-order valence-corrected chi connectivity index (χ4v) is 6.53. The molecular formula is C29H33N5O7. The maximum Gasteiger partial charge on any atom is 0.255 e. The Hall–Kier alpha value is -4.42. The first-order chi connectivity index (χ1) is 19.3. The molecule has 0 aliphatic heterocycles. The number of hydrogen-bond donors (Lipinski definition) is 6. The molecule has 1 heterocycles. The number of aliphatic hydroxyl groups excluding tert-OH is 2. The summed E-state index contributed by atoms with van der Waals surface area (Å²) in [5.74, 6) is -6.18. The number of nitrogens with two attached hydrogens (primary N) is 1. The Morgan fingerprint density at radius 2 is 1.88 bits per heavy atom. The van der Waals surface area contributed by atoms with Crippen LogP contribution in [-0.4, -0.2) is 87.6 Å². The van der Waals surface area contributed by atoms with E-state index in [0.717, 1.165) is 0 Å². The van der Waals surface area contributed by atoms with Crippen molar-refractivity contribution in [3.05, 3.63) is 64.1 Å². The van der Waals surface area contributed by atoms with Crippen molar-refractivity contribution in [2.45, 2.75) is 31.0 Å². The zero-order valence-corrected chi connectivity index (χ0v) is 23.2. The summed E-state index contributed by atoms with van der Waals surface area (Å²) in [6.45, 7) is 0.154. The molecule has 216 valence electrons. The first-order valence-corrected chi connectivity index (χ1v) is 13.1. The second-order valence-corrected chi connectivity index (χ2v) is 11.2. The number of aromatic nitrogens is 1. The number of Topliss-reactive ketones (excluding diaryl/α,β-unsaturated/α-hetero) is 2. The van der Waals surface area contributed by atoms with Gasteiger partial charge in [-0.05, 0) is 56.6 Å². The molecule has 1 saturated carbocycles. The van der Waals surface area contributed by atoms with E-state index < -0.39 is 58.0 Å². The van der Waals surface area contributed by atoms with Crippen LogP contribution >= 0.6 is 0 Å². The number of anilines is 2. The number of phenols is 1. The van der Waals surface area contributed by atoms with Gasteiger partial charge in [0.05, 0.1) is 11.6 Å². The van der Waals surface area contributed by atoms with E-state index in [9.17, 15) is 34.8 Å². The highest BCUT2D eigenvalue weighted by Gasteiger charge is 2.64. The second kappa shape index (κ2) is 9.89. The normalized spacial score (nSPS) is 25.6. The average molecular weight is 564 g/mol. The third-order valence-corrected chi connectivity index (χ3v) is 8.38. The van der Waals surface area contributed by atoms with Gasteiger partial charge in [-0.2, -0.15) is 0 Å². The number of amides is 1. The SMILES string of the molecule is CN(C)c1cc(CNc2ccccn2)c(O)c2c1C[C@H]1C[C@H]3[C@@H](N(C)C)C(=O)C(C(N)=O)=C(O)[C@@]3(O)C(=O)C1=C2O. The summed E-state index contributed by atoms with van der Waals surface area (Å²) in [6.07, 6.45) is 1.86. The molecule has 5 rings (SSSR count). The summed E-state index contributed by atoms with van der Waals surface area (Å²) < 4.78 is 0. The lowest BCUT2D eigenvalue weighted by molar-refractivity contribution is -0.153. The van der Waals surface area contributed by atoms with Gasteiger partial charge in [0.25, 0.3) is 5.91 Å². The maximum absolute atomic E-state index is 14.1. The van der Waals surface area contributed by atoms with Gasteiger partial charge < -0.3 is 36.4 Å². The third kappa shape index (κ3) is 4.13. The predicted octanol–water partition coefficient (Wildman–Crippen LogP) is 1.04. The van der Waals surface area contributed by atoms with Crippen LogP contribution in [-0.2, 0) is 27.3 Å². The Bertz CT molecular complexity index is 1530. The molecule has 3 aliphatic rings. The lowest BCUT2D eigenvalue weighted by Crippen LogP contribution is -2.65. The van der Waals surface area contributed by atoms with Crippen LogP contribution in [0.25, 0.3) is 5.76 Å². The molecule has 2 aromatic rings. The van der Waals surface area contributed by atoms with Gasteiger partial charge in [0.2, 0.25) is 5.78 Å². The average Bonchev–Trinajstić information content (AvgIpc) is 2.90. The monoisotopic (exact) mass is 563 g/mol. The number of nitrogens with zero attached hydrogens (tertiary/aromatic N) is 3. The van der Waals surface area contributed by atoms with Crippen molar-refractivity contribution in [3.63, 3.8) is 0 Å². The number of aliphatic hydroxyl groups is 3. The fourth-order valence-electron chi connectivity index (χ4n) is 6.53. The van der Waals surface area contributed by atoms with Crippen LogP contribution in [0, 0.1) is 11.8 Å². The zero-order chi connectivity index (χ0) is 30.0. The molecule has 0 radical (unpaired) electrons. The van der Waals surface area contributed by atoms with Crippen LogP contribution in [0.2, 0.25) is 0 Å². The Morgan fingerprint density at radius 1 is 1.17 bits per heavy atom. The van der Waals surface area contributed by atoms with Gasteiger partial charge in [-0.1, -0.05) is 6.07 Å². The number of primary amides is 1. The highest BCUT2D eigenvalue weighted by molar-refractivity contribution is 6.24. The molecule has 1 fully saturated rings. The summed E-state index contributed by atoms with van der Waals surface area (Å²) in [6, 6.07) is 6.01. The van der Waals surface area contributed by atoms with Gasteiger partial charge in [-0.15, -0.1) is 0 Å². The first kappa shape index (κ1) is 28.1.